The first-order chi connectivity index (χ1) is 8.52. The average Bonchev–Trinajstić information content (AvgIpc) is 2.31. The number of carbonyl (C=O) groups excluding carboxylic acids is 1. The summed E-state index contributed by atoms with van der Waals surface area (Å²) in [5, 5.41) is 2.89. The summed E-state index contributed by atoms with van der Waals surface area (Å²) in [4.78, 5) is 12.8. The Morgan fingerprint density at radius 1 is 1.39 bits per heavy atom. The standard InChI is InChI=1S/C14H21NO2S/c1-10-5-6-13(7-11(10)2)18-9-14(16)15-12(3)8-17-4/h5-7,12H,8-9H2,1-4H3,(H,15,16)/t12-/m0/s1. The van der Waals surface area contributed by atoms with Crippen molar-refractivity contribution >= 4 is 17.7 Å². The fraction of sp³-hybridized carbons (Fsp3) is 0.500. The van der Waals surface area contributed by atoms with Crippen molar-refractivity contribution in [1.82, 2.24) is 5.32 Å². The molecule has 1 aromatic rings. The molecule has 0 radical (unpaired) electrons. The van der Waals surface area contributed by atoms with Gasteiger partial charge in [-0.05, 0) is 44.0 Å². The molecule has 4 heteroatoms. The van der Waals surface area contributed by atoms with Crippen LogP contribution in [-0.2, 0) is 9.53 Å². The monoisotopic (exact) mass is 267 g/mol. The van der Waals surface area contributed by atoms with E-state index in [-0.39, 0.29) is 11.9 Å². The molecule has 0 heterocycles. The molecule has 100 valence electrons. The van der Waals surface area contributed by atoms with Gasteiger partial charge < -0.3 is 10.1 Å². The Bertz CT molecular complexity index is 407. The Morgan fingerprint density at radius 2 is 2.11 bits per heavy atom. The fourth-order valence-electron chi connectivity index (χ4n) is 1.56. The number of ether oxygens (including phenoxy) is 1. The highest BCUT2D eigenvalue weighted by Gasteiger charge is 2.07. The van der Waals surface area contributed by atoms with Crippen molar-refractivity contribution in [2.75, 3.05) is 19.5 Å². The molecular formula is C14H21NO2S. The summed E-state index contributed by atoms with van der Waals surface area (Å²) in [6.45, 7) is 6.64. The quantitative estimate of drug-likeness (QED) is 0.805. The Morgan fingerprint density at radius 3 is 2.72 bits per heavy atom. The maximum Gasteiger partial charge on any atom is 0.230 e. The molecule has 1 amide bonds. The highest BCUT2D eigenvalue weighted by atomic mass is 32.2. The second-order valence-corrected chi connectivity index (χ2v) is 5.51. The van der Waals surface area contributed by atoms with E-state index in [0.717, 1.165) is 4.90 Å². The summed E-state index contributed by atoms with van der Waals surface area (Å²) in [7, 11) is 1.63. The van der Waals surface area contributed by atoms with Crippen LogP contribution in [-0.4, -0.2) is 31.4 Å². The Labute approximate surface area is 113 Å². The third kappa shape index (κ3) is 5.10. The van der Waals surface area contributed by atoms with Gasteiger partial charge in [-0.2, -0.15) is 0 Å². The van der Waals surface area contributed by atoms with Crippen molar-refractivity contribution in [3.05, 3.63) is 29.3 Å². The molecule has 0 spiro atoms. The van der Waals surface area contributed by atoms with E-state index in [2.05, 4.69) is 37.4 Å². The summed E-state index contributed by atoms with van der Waals surface area (Å²) in [6.07, 6.45) is 0. The molecule has 0 aliphatic rings. The van der Waals surface area contributed by atoms with Gasteiger partial charge in [0.2, 0.25) is 5.91 Å². The molecule has 0 saturated heterocycles. The highest BCUT2D eigenvalue weighted by molar-refractivity contribution is 8.00. The van der Waals surface area contributed by atoms with Crippen LogP contribution in [0.3, 0.4) is 0 Å². The van der Waals surface area contributed by atoms with Gasteiger partial charge in [0.25, 0.3) is 0 Å². The number of rotatable bonds is 6. The van der Waals surface area contributed by atoms with Crippen molar-refractivity contribution in [2.45, 2.75) is 31.7 Å². The van der Waals surface area contributed by atoms with Crippen LogP contribution in [0.25, 0.3) is 0 Å². The van der Waals surface area contributed by atoms with Crippen LogP contribution in [0.1, 0.15) is 18.1 Å². The fourth-order valence-corrected chi connectivity index (χ4v) is 2.37. The molecule has 1 atom stereocenters. The van der Waals surface area contributed by atoms with Crippen molar-refractivity contribution < 1.29 is 9.53 Å². The second-order valence-electron chi connectivity index (χ2n) is 4.46. The van der Waals surface area contributed by atoms with E-state index < -0.39 is 0 Å². The lowest BCUT2D eigenvalue weighted by Crippen LogP contribution is -2.36. The zero-order chi connectivity index (χ0) is 13.5. The van der Waals surface area contributed by atoms with Gasteiger partial charge in [-0.1, -0.05) is 6.07 Å². The first-order valence-corrected chi connectivity index (χ1v) is 7.00. The van der Waals surface area contributed by atoms with Crippen LogP contribution >= 0.6 is 11.8 Å². The number of nitrogens with one attached hydrogen (secondary N) is 1. The van der Waals surface area contributed by atoms with Crippen molar-refractivity contribution in [1.29, 1.82) is 0 Å². The predicted octanol–water partition coefficient (Wildman–Crippen LogP) is 2.55. The lowest BCUT2D eigenvalue weighted by atomic mass is 10.1. The van der Waals surface area contributed by atoms with Gasteiger partial charge in [0.05, 0.1) is 12.4 Å². The van der Waals surface area contributed by atoms with E-state index >= 15 is 0 Å². The Balaban J connectivity index is 2.40. The lowest BCUT2D eigenvalue weighted by Gasteiger charge is -2.12. The first kappa shape index (κ1) is 15.1. The van der Waals surface area contributed by atoms with E-state index in [9.17, 15) is 4.79 Å². The summed E-state index contributed by atoms with van der Waals surface area (Å²) in [6, 6.07) is 6.32. The highest BCUT2D eigenvalue weighted by Crippen LogP contribution is 2.20. The summed E-state index contributed by atoms with van der Waals surface area (Å²) in [5.41, 5.74) is 2.53. The third-order valence-corrected chi connectivity index (χ3v) is 3.67. The molecule has 1 N–H and O–H groups in total. The van der Waals surface area contributed by atoms with E-state index in [0.29, 0.717) is 12.4 Å². The number of aryl methyl sites for hydroxylation is 2. The summed E-state index contributed by atoms with van der Waals surface area (Å²) in [5.74, 6) is 0.485. The summed E-state index contributed by atoms with van der Waals surface area (Å²) >= 11 is 1.56. The van der Waals surface area contributed by atoms with Crippen LogP contribution in [0.5, 0.6) is 0 Å². The zero-order valence-corrected chi connectivity index (χ0v) is 12.3. The van der Waals surface area contributed by atoms with Gasteiger partial charge in [-0.15, -0.1) is 11.8 Å². The van der Waals surface area contributed by atoms with E-state index in [1.165, 1.54) is 11.1 Å². The normalized spacial score (nSPS) is 12.2. The maximum atomic E-state index is 11.7. The molecule has 18 heavy (non-hydrogen) atoms. The van der Waals surface area contributed by atoms with Crippen LogP contribution in [0.4, 0.5) is 0 Å². The van der Waals surface area contributed by atoms with Gasteiger partial charge in [-0.3, -0.25) is 4.79 Å². The molecule has 0 bridgehead atoms. The molecule has 0 fully saturated rings. The molecule has 0 aromatic heterocycles. The van der Waals surface area contributed by atoms with Crippen LogP contribution < -0.4 is 5.32 Å². The van der Waals surface area contributed by atoms with Crippen LogP contribution in [0.2, 0.25) is 0 Å². The van der Waals surface area contributed by atoms with Crippen molar-refractivity contribution in [3.63, 3.8) is 0 Å². The molecule has 0 saturated carbocycles. The van der Waals surface area contributed by atoms with Crippen molar-refractivity contribution in [3.8, 4) is 0 Å². The molecule has 1 aromatic carbocycles. The number of hydrogen-bond donors (Lipinski definition) is 1. The lowest BCUT2D eigenvalue weighted by molar-refractivity contribution is -0.119. The van der Waals surface area contributed by atoms with Crippen LogP contribution in [0.15, 0.2) is 23.1 Å². The minimum absolute atomic E-state index is 0.0442. The Kier molecular flexibility index (Phi) is 6.22. The van der Waals surface area contributed by atoms with Gasteiger partial charge in [0.1, 0.15) is 0 Å². The smallest absolute Gasteiger partial charge is 0.230 e. The second kappa shape index (κ2) is 7.44. The van der Waals surface area contributed by atoms with E-state index in [4.69, 9.17) is 4.74 Å². The number of benzene rings is 1. The number of thioether (sulfide) groups is 1. The Hall–Kier alpha value is -1.00. The first-order valence-electron chi connectivity index (χ1n) is 6.01. The molecule has 0 aliphatic heterocycles. The largest absolute Gasteiger partial charge is 0.383 e. The molecule has 0 unspecified atom stereocenters. The SMILES string of the molecule is COC[C@H](C)NC(=O)CSc1ccc(C)c(C)c1. The molecule has 1 rings (SSSR count). The minimum atomic E-state index is 0.0442. The average molecular weight is 267 g/mol. The number of methoxy groups -OCH3 is 1. The van der Waals surface area contributed by atoms with Gasteiger partial charge in [0, 0.05) is 18.0 Å². The number of amides is 1. The topological polar surface area (TPSA) is 38.3 Å². The van der Waals surface area contributed by atoms with Gasteiger partial charge >= 0.3 is 0 Å². The van der Waals surface area contributed by atoms with E-state index in [1.54, 1.807) is 18.9 Å². The van der Waals surface area contributed by atoms with Gasteiger partial charge in [0.15, 0.2) is 0 Å². The summed E-state index contributed by atoms with van der Waals surface area (Å²) < 4.78 is 4.97. The molecule has 0 aliphatic carbocycles. The minimum Gasteiger partial charge on any atom is -0.383 e. The predicted molar refractivity (Wildman–Crippen MR) is 76.1 cm³/mol. The number of carbonyl (C=O) groups is 1. The van der Waals surface area contributed by atoms with Crippen LogP contribution in [0, 0.1) is 13.8 Å². The van der Waals surface area contributed by atoms with Crippen molar-refractivity contribution in [2.24, 2.45) is 0 Å². The maximum absolute atomic E-state index is 11.7. The van der Waals surface area contributed by atoms with E-state index in [1.807, 2.05) is 6.92 Å². The molecular weight excluding hydrogens is 246 g/mol. The third-order valence-electron chi connectivity index (χ3n) is 2.67. The van der Waals surface area contributed by atoms with Gasteiger partial charge in [-0.25, -0.2) is 0 Å². The zero-order valence-electron chi connectivity index (χ0n) is 11.4. The molecule has 3 nitrogen and oxygen atoms in total. The number of hydrogen-bond acceptors (Lipinski definition) is 3.